The summed E-state index contributed by atoms with van der Waals surface area (Å²) in [5.74, 6) is -0.469. The Morgan fingerprint density at radius 1 is 0.833 bits per heavy atom. The van der Waals surface area contributed by atoms with Gasteiger partial charge in [0.25, 0.3) is 10.0 Å². The van der Waals surface area contributed by atoms with Gasteiger partial charge in [-0.25, -0.2) is 8.42 Å². The summed E-state index contributed by atoms with van der Waals surface area (Å²) in [7, 11) is -3.98. The van der Waals surface area contributed by atoms with Crippen LogP contribution in [0.1, 0.15) is 0 Å². The number of benzene rings is 3. The van der Waals surface area contributed by atoms with Crippen molar-refractivity contribution in [3.05, 3.63) is 77.8 Å². The SMILES string of the molecule is O=S(=O)(Nc1ccccc1-c1ccccc1)c1cccc(Cl)c1O. The average Bonchev–Trinajstić information content (AvgIpc) is 2.58. The number of aromatic hydroxyl groups is 1. The van der Waals surface area contributed by atoms with Gasteiger partial charge in [0.15, 0.2) is 5.75 Å². The maximum Gasteiger partial charge on any atom is 0.265 e. The van der Waals surface area contributed by atoms with Crippen LogP contribution in [0, 0.1) is 0 Å². The molecule has 0 aliphatic heterocycles. The lowest BCUT2D eigenvalue weighted by Crippen LogP contribution is -2.13. The Morgan fingerprint density at radius 3 is 2.25 bits per heavy atom. The molecule has 0 aliphatic rings. The van der Waals surface area contributed by atoms with Crippen LogP contribution in [0.15, 0.2) is 77.7 Å². The lowest BCUT2D eigenvalue weighted by molar-refractivity contribution is 0.459. The standard InChI is InChI=1S/C18H14ClNO3S/c19-15-10-6-12-17(18(15)21)24(22,23)20-16-11-5-4-9-14(16)13-7-2-1-3-8-13/h1-12,20-21H. The molecule has 4 nitrogen and oxygen atoms in total. The second kappa shape index (κ2) is 6.55. The highest BCUT2D eigenvalue weighted by Crippen LogP contribution is 2.34. The van der Waals surface area contributed by atoms with Gasteiger partial charge in [-0.05, 0) is 23.8 Å². The molecule has 0 aliphatic carbocycles. The van der Waals surface area contributed by atoms with Gasteiger partial charge in [-0.3, -0.25) is 4.72 Å². The third-order valence-electron chi connectivity index (χ3n) is 3.50. The van der Waals surface area contributed by atoms with Gasteiger partial charge in [0.1, 0.15) is 4.90 Å². The summed E-state index contributed by atoms with van der Waals surface area (Å²) in [5.41, 5.74) is 2.04. The Kier molecular flexibility index (Phi) is 4.46. The number of halogens is 1. The number of hydrogen-bond acceptors (Lipinski definition) is 3. The first-order chi connectivity index (χ1) is 11.5. The minimum atomic E-state index is -3.98. The third-order valence-corrected chi connectivity index (χ3v) is 5.20. The van der Waals surface area contributed by atoms with E-state index < -0.39 is 15.8 Å². The van der Waals surface area contributed by atoms with E-state index in [1.165, 1.54) is 18.2 Å². The van der Waals surface area contributed by atoms with E-state index in [0.29, 0.717) is 5.69 Å². The summed E-state index contributed by atoms with van der Waals surface area (Å²) < 4.78 is 27.8. The first-order valence-electron chi connectivity index (χ1n) is 7.14. The van der Waals surface area contributed by atoms with Gasteiger partial charge in [-0.1, -0.05) is 66.2 Å². The van der Waals surface area contributed by atoms with E-state index in [1.807, 2.05) is 42.5 Å². The predicted octanol–water partition coefficient (Wildman–Crippen LogP) is 4.51. The number of anilines is 1. The fourth-order valence-corrected chi connectivity index (χ4v) is 3.78. The van der Waals surface area contributed by atoms with Gasteiger partial charge in [-0.2, -0.15) is 0 Å². The molecule has 0 radical (unpaired) electrons. The second-order valence-corrected chi connectivity index (χ2v) is 7.16. The van der Waals surface area contributed by atoms with Crippen LogP contribution in [0.4, 0.5) is 5.69 Å². The minimum absolute atomic E-state index is 0.0192. The predicted molar refractivity (Wildman–Crippen MR) is 95.8 cm³/mol. The molecule has 6 heteroatoms. The Balaban J connectivity index is 2.05. The number of nitrogens with one attached hydrogen (secondary N) is 1. The molecule has 122 valence electrons. The van der Waals surface area contributed by atoms with E-state index in [9.17, 15) is 13.5 Å². The van der Waals surface area contributed by atoms with Crippen molar-refractivity contribution in [3.8, 4) is 16.9 Å². The second-order valence-electron chi connectivity index (χ2n) is 5.10. The zero-order valence-corrected chi connectivity index (χ0v) is 14.1. The smallest absolute Gasteiger partial charge is 0.265 e. The molecular weight excluding hydrogens is 346 g/mol. The van der Waals surface area contributed by atoms with Crippen molar-refractivity contribution < 1.29 is 13.5 Å². The van der Waals surface area contributed by atoms with E-state index in [-0.39, 0.29) is 9.92 Å². The normalized spacial score (nSPS) is 11.2. The number of sulfonamides is 1. The molecule has 3 aromatic rings. The van der Waals surface area contributed by atoms with E-state index in [4.69, 9.17) is 11.6 Å². The fourth-order valence-electron chi connectivity index (χ4n) is 2.35. The molecule has 0 bridgehead atoms. The largest absolute Gasteiger partial charge is 0.505 e. The molecule has 0 saturated carbocycles. The Hall–Kier alpha value is -2.50. The summed E-state index contributed by atoms with van der Waals surface area (Å²) in [6, 6.07) is 20.7. The molecule has 0 spiro atoms. The number of hydrogen-bond donors (Lipinski definition) is 2. The molecule has 3 aromatic carbocycles. The molecule has 0 heterocycles. The van der Waals surface area contributed by atoms with Crippen LogP contribution in [0.25, 0.3) is 11.1 Å². The zero-order valence-electron chi connectivity index (χ0n) is 12.5. The molecule has 24 heavy (non-hydrogen) atoms. The fraction of sp³-hybridized carbons (Fsp3) is 0. The van der Waals surface area contributed by atoms with Crippen molar-refractivity contribution in [1.29, 1.82) is 0 Å². The summed E-state index contributed by atoms with van der Waals surface area (Å²) in [4.78, 5) is -0.266. The van der Waals surface area contributed by atoms with Crippen LogP contribution in [0.2, 0.25) is 5.02 Å². The monoisotopic (exact) mass is 359 g/mol. The number of phenolic OH excluding ortho intramolecular Hbond substituents is 1. The van der Waals surface area contributed by atoms with Crippen LogP contribution in [0.5, 0.6) is 5.75 Å². The van der Waals surface area contributed by atoms with Gasteiger partial charge in [-0.15, -0.1) is 0 Å². The van der Waals surface area contributed by atoms with Gasteiger partial charge < -0.3 is 5.11 Å². The van der Waals surface area contributed by atoms with Crippen LogP contribution >= 0.6 is 11.6 Å². The third kappa shape index (κ3) is 3.22. The number of phenols is 1. The van der Waals surface area contributed by atoms with E-state index >= 15 is 0 Å². The van der Waals surface area contributed by atoms with Crippen molar-refractivity contribution in [1.82, 2.24) is 0 Å². The molecule has 0 atom stereocenters. The van der Waals surface area contributed by atoms with Gasteiger partial charge in [0.05, 0.1) is 10.7 Å². The summed E-state index contributed by atoms with van der Waals surface area (Å²) in [5, 5.41) is 9.93. The van der Waals surface area contributed by atoms with E-state index in [0.717, 1.165) is 11.1 Å². The Bertz CT molecular complexity index is 973. The van der Waals surface area contributed by atoms with Gasteiger partial charge >= 0.3 is 0 Å². The van der Waals surface area contributed by atoms with Crippen LogP contribution in [-0.2, 0) is 10.0 Å². The molecule has 0 aromatic heterocycles. The molecule has 2 N–H and O–H groups in total. The number of para-hydroxylation sites is 2. The summed E-state index contributed by atoms with van der Waals surface area (Å²) in [6.45, 7) is 0. The van der Waals surface area contributed by atoms with E-state index in [2.05, 4.69) is 4.72 Å². The average molecular weight is 360 g/mol. The minimum Gasteiger partial charge on any atom is -0.505 e. The first kappa shape index (κ1) is 16.4. The van der Waals surface area contributed by atoms with Crippen LogP contribution in [-0.4, -0.2) is 13.5 Å². The van der Waals surface area contributed by atoms with Crippen molar-refractivity contribution in [2.24, 2.45) is 0 Å². The van der Waals surface area contributed by atoms with Crippen molar-refractivity contribution in [2.45, 2.75) is 4.90 Å². The van der Waals surface area contributed by atoms with E-state index in [1.54, 1.807) is 12.1 Å². The quantitative estimate of drug-likeness (QED) is 0.720. The maximum atomic E-state index is 12.6. The van der Waals surface area contributed by atoms with Crippen molar-refractivity contribution >= 4 is 27.3 Å². The van der Waals surface area contributed by atoms with Gasteiger partial charge in [0, 0.05) is 5.56 Å². The summed E-state index contributed by atoms with van der Waals surface area (Å²) >= 11 is 5.81. The lowest BCUT2D eigenvalue weighted by Gasteiger charge is -2.14. The Labute approximate surface area is 145 Å². The molecule has 0 unspecified atom stereocenters. The molecule has 3 rings (SSSR count). The lowest BCUT2D eigenvalue weighted by atomic mass is 10.0. The van der Waals surface area contributed by atoms with Crippen LogP contribution < -0.4 is 4.72 Å². The Morgan fingerprint density at radius 2 is 1.50 bits per heavy atom. The van der Waals surface area contributed by atoms with Crippen molar-refractivity contribution in [3.63, 3.8) is 0 Å². The highest BCUT2D eigenvalue weighted by Gasteiger charge is 2.21. The molecule has 0 amide bonds. The van der Waals surface area contributed by atoms with Crippen LogP contribution in [0.3, 0.4) is 0 Å². The topological polar surface area (TPSA) is 66.4 Å². The van der Waals surface area contributed by atoms with Crippen molar-refractivity contribution in [2.75, 3.05) is 4.72 Å². The highest BCUT2D eigenvalue weighted by molar-refractivity contribution is 7.92. The highest BCUT2D eigenvalue weighted by atomic mass is 35.5. The number of rotatable bonds is 4. The maximum absolute atomic E-state index is 12.6. The first-order valence-corrected chi connectivity index (χ1v) is 9.00. The summed E-state index contributed by atoms with van der Waals surface area (Å²) in [6.07, 6.45) is 0. The van der Waals surface area contributed by atoms with Gasteiger partial charge in [0.2, 0.25) is 0 Å². The zero-order chi connectivity index (χ0) is 17.2. The molecule has 0 saturated heterocycles. The molecule has 0 fully saturated rings. The molecular formula is C18H14ClNO3S.